The molecule has 1 amide bonds. The van der Waals surface area contributed by atoms with Gasteiger partial charge < -0.3 is 9.64 Å². The van der Waals surface area contributed by atoms with E-state index in [9.17, 15) is 4.79 Å². The standard InChI is InChI=1S/C9H18N2O2/c1-3-13-6-4-5-11-7-10-8(2)9(11)12/h8,10H,3-7H2,1-2H3. The average molecular weight is 186 g/mol. The molecule has 1 saturated heterocycles. The highest BCUT2D eigenvalue weighted by molar-refractivity contribution is 5.83. The molecule has 1 fully saturated rings. The fraction of sp³-hybridized carbons (Fsp3) is 0.889. The molecule has 0 aromatic carbocycles. The van der Waals surface area contributed by atoms with E-state index < -0.39 is 0 Å². The van der Waals surface area contributed by atoms with Gasteiger partial charge in [-0.05, 0) is 20.3 Å². The third-order valence-corrected chi connectivity index (χ3v) is 2.19. The minimum absolute atomic E-state index is 0.00732. The van der Waals surface area contributed by atoms with Crippen LogP contribution in [-0.2, 0) is 9.53 Å². The zero-order chi connectivity index (χ0) is 9.68. The lowest BCUT2D eigenvalue weighted by molar-refractivity contribution is -0.128. The molecule has 0 aliphatic carbocycles. The molecule has 1 rings (SSSR count). The SMILES string of the molecule is CCOCCCN1CNC(C)C1=O. The number of amides is 1. The normalized spacial score (nSPS) is 22.8. The van der Waals surface area contributed by atoms with Crippen molar-refractivity contribution in [2.45, 2.75) is 26.3 Å². The number of nitrogens with one attached hydrogen (secondary N) is 1. The van der Waals surface area contributed by atoms with Gasteiger partial charge in [0.05, 0.1) is 12.7 Å². The molecule has 0 saturated carbocycles. The second kappa shape index (κ2) is 5.19. The highest BCUT2D eigenvalue weighted by atomic mass is 16.5. The molecule has 76 valence electrons. The molecule has 1 unspecified atom stereocenters. The zero-order valence-electron chi connectivity index (χ0n) is 8.38. The molecule has 0 spiro atoms. The van der Waals surface area contributed by atoms with Crippen molar-refractivity contribution < 1.29 is 9.53 Å². The molecule has 0 radical (unpaired) electrons. The third-order valence-electron chi connectivity index (χ3n) is 2.19. The summed E-state index contributed by atoms with van der Waals surface area (Å²) in [6, 6.07) is -0.00732. The summed E-state index contributed by atoms with van der Waals surface area (Å²) < 4.78 is 5.20. The lowest BCUT2D eigenvalue weighted by Crippen LogP contribution is -2.29. The molecule has 1 atom stereocenters. The van der Waals surface area contributed by atoms with Gasteiger partial charge in [-0.3, -0.25) is 10.1 Å². The molecule has 1 aliphatic heterocycles. The molecule has 4 nitrogen and oxygen atoms in total. The Balaban J connectivity index is 2.12. The Labute approximate surface area is 79.2 Å². The highest BCUT2D eigenvalue weighted by Gasteiger charge is 2.26. The molecule has 1 heterocycles. The van der Waals surface area contributed by atoms with Crippen LogP contribution in [0.3, 0.4) is 0 Å². The van der Waals surface area contributed by atoms with E-state index in [1.165, 1.54) is 0 Å². The summed E-state index contributed by atoms with van der Waals surface area (Å²) in [5, 5.41) is 3.10. The predicted octanol–water partition coefficient (Wildman–Crippen LogP) is 0.191. The Kier molecular flexibility index (Phi) is 4.18. The van der Waals surface area contributed by atoms with Crippen LogP contribution < -0.4 is 5.32 Å². The molecule has 1 aliphatic rings. The van der Waals surface area contributed by atoms with Crippen LogP contribution in [0.25, 0.3) is 0 Å². The Morgan fingerprint density at radius 3 is 3.00 bits per heavy atom. The first-order valence-electron chi connectivity index (χ1n) is 4.85. The minimum atomic E-state index is -0.00732. The van der Waals surface area contributed by atoms with E-state index in [4.69, 9.17) is 4.74 Å². The van der Waals surface area contributed by atoms with Crippen LogP contribution in [0.1, 0.15) is 20.3 Å². The summed E-state index contributed by atoms with van der Waals surface area (Å²) in [5.74, 6) is 0.205. The van der Waals surface area contributed by atoms with Crippen molar-refractivity contribution in [1.29, 1.82) is 0 Å². The van der Waals surface area contributed by atoms with E-state index in [2.05, 4.69) is 5.32 Å². The topological polar surface area (TPSA) is 41.6 Å². The number of carbonyl (C=O) groups is 1. The average Bonchev–Trinajstić information content (AvgIpc) is 2.43. The highest BCUT2D eigenvalue weighted by Crippen LogP contribution is 2.03. The first kappa shape index (κ1) is 10.5. The summed E-state index contributed by atoms with van der Waals surface area (Å²) in [5.41, 5.74) is 0. The first-order chi connectivity index (χ1) is 6.25. The zero-order valence-corrected chi connectivity index (χ0v) is 8.38. The van der Waals surface area contributed by atoms with Crippen LogP contribution in [0.5, 0.6) is 0 Å². The van der Waals surface area contributed by atoms with E-state index in [1.807, 2.05) is 18.7 Å². The van der Waals surface area contributed by atoms with Gasteiger partial charge in [0, 0.05) is 19.8 Å². The van der Waals surface area contributed by atoms with Gasteiger partial charge >= 0.3 is 0 Å². The van der Waals surface area contributed by atoms with Gasteiger partial charge in [-0.15, -0.1) is 0 Å². The largest absolute Gasteiger partial charge is 0.382 e. The maximum absolute atomic E-state index is 11.4. The van der Waals surface area contributed by atoms with Crippen LogP contribution >= 0.6 is 0 Å². The Morgan fingerprint density at radius 1 is 1.69 bits per heavy atom. The van der Waals surface area contributed by atoms with Gasteiger partial charge in [-0.25, -0.2) is 0 Å². The fourth-order valence-corrected chi connectivity index (χ4v) is 1.38. The van der Waals surface area contributed by atoms with Crippen LogP contribution in [0, 0.1) is 0 Å². The monoisotopic (exact) mass is 186 g/mol. The van der Waals surface area contributed by atoms with Crippen LogP contribution in [0.4, 0.5) is 0 Å². The van der Waals surface area contributed by atoms with E-state index in [-0.39, 0.29) is 11.9 Å². The van der Waals surface area contributed by atoms with Gasteiger partial charge in [-0.1, -0.05) is 0 Å². The molecule has 0 bridgehead atoms. The number of hydrogen-bond donors (Lipinski definition) is 1. The number of nitrogens with zero attached hydrogens (tertiary/aromatic N) is 1. The van der Waals surface area contributed by atoms with Crippen LogP contribution in [0.15, 0.2) is 0 Å². The Morgan fingerprint density at radius 2 is 2.46 bits per heavy atom. The van der Waals surface area contributed by atoms with E-state index in [0.717, 1.165) is 26.2 Å². The van der Waals surface area contributed by atoms with Gasteiger partial charge in [-0.2, -0.15) is 0 Å². The van der Waals surface area contributed by atoms with Crippen molar-refractivity contribution in [3.63, 3.8) is 0 Å². The van der Waals surface area contributed by atoms with Crippen LogP contribution in [0.2, 0.25) is 0 Å². The molecule has 13 heavy (non-hydrogen) atoms. The quantitative estimate of drug-likeness (QED) is 0.623. The Bertz CT molecular complexity index is 173. The maximum atomic E-state index is 11.4. The van der Waals surface area contributed by atoms with E-state index in [0.29, 0.717) is 6.67 Å². The van der Waals surface area contributed by atoms with Crippen LogP contribution in [-0.4, -0.2) is 43.3 Å². The van der Waals surface area contributed by atoms with Crippen molar-refractivity contribution in [3.05, 3.63) is 0 Å². The molecular weight excluding hydrogens is 168 g/mol. The van der Waals surface area contributed by atoms with E-state index in [1.54, 1.807) is 0 Å². The fourth-order valence-electron chi connectivity index (χ4n) is 1.38. The predicted molar refractivity (Wildman–Crippen MR) is 50.3 cm³/mol. The van der Waals surface area contributed by atoms with Crippen molar-refractivity contribution in [2.24, 2.45) is 0 Å². The molecule has 1 N–H and O–H groups in total. The summed E-state index contributed by atoms with van der Waals surface area (Å²) in [6.07, 6.45) is 0.925. The smallest absolute Gasteiger partial charge is 0.240 e. The minimum Gasteiger partial charge on any atom is -0.382 e. The van der Waals surface area contributed by atoms with Crippen molar-refractivity contribution >= 4 is 5.91 Å². The number of hydrogen-bond acceptors (Lipinski definition) is 3. The van der Waals surface area contributed by atoms with Gasteiger partial charge in [0.15, 0.2) is 0 Å². The Hall–Kier alpha value is -0.610. The number of ether oxygens (including phenoxy) is 1. The third kappa shape index (κ3) is 2.97. The lowest BCUT2D eigenvalue weighted by Gasteiger charge is -2.14. The number of rotatable bonds is 5. The summed E-state index contributed by atoms with van der Waals surface area (Å²) in [6.45, 7) is 6.86. The summed E-state index contributed by atoms with van der Waals surface area (Å²) >= 11 is 0. The van der Waals surface area contributed by atoms with E-state index >= 15 is 0 Å². The summed E-state index contributed by atoms with van der Waals surface area (Å²) in [4.78, 5) is 13.2. The van der Waals surface area contributed by atoms with Gasteiger partial charge in [0.1, 0.15) is 0 Å². The summed E-state index contributed by atoms with van der Waals surface area (Å²) in [7, 11) is 0. The van der Waals surface area contributed by atoms with Crippen molar-refractivity contribution in [2.75, 3.05) is 26.4 Å². The first-order valence-corrected chi connectivity index (χ1v) is 4.85. The lowest BCUT2D eigenvalue weighted by atomic mass is 10.3. The van der Waals surface area contributed by atoms with Gasteiger partial charge in [0.2, 0.25) is 5.91 Å². The molecule has 0 aromatic heterocycles. The molecular formula is C9H18N2O2. The van der Waals surface area contributed by atoms with Crippen molar-refractivity contribution in [3.8, 4) is 0 Å². The van der Waals surface area contributed by atoms with Crippen molar-refractivity contribution in [1.82, 2.24) is 10.2 Å². The second-order valence-corrected chi connectivity index (χ2v) is 3.24. The second-order valence-electron chi connectivity index (χ2n) is 3.24. The maximum Gasteiger partial charge on any atom is 0.240 e. The number of carbonyl (C=O) groups excluding carboxylic acids is 1. The molecule has 0 aromatic rings. The molecule has 4 heteroatoms. The van der Waals surface area contributed by atoms with Gasteiger partial charge in [0.25, 0.3) is 0 Å².